The van der Waals surface area contributed by atoms with Gasteiger partial charge in [-0.05, 0) is 38.6 Å². The van der Waals surface area contributed by atoms with Crippen LogP contribution in [0.25, 0.3) is 0 Å². The van der Waals surface area contributed by atoms with E-state index in [0.29, 0.717) is 24.3 Å². The molecule has 4 nitrogen and oxygen atoms in total. The second kappa shape index (κ2) is 8.02. The molecule has 1 heterocycles. The minimum absolute atomic E-state index is 0.172. The van der Waals surface area contributed by atoms with Gasteiger partial charge in [-0.1, -0.05) is 12.1 Å². The number of ether oxygens (including phenoxy) is 1. The molecule has 1 aromatic rings. The molecule has 1 N–H and O–H groups in total. The summed E-state index contributed by atoms with van der Waals surface area (Å²) in [6.45, 7) is 7.56. The molecule has 1 saturated heterocycles. The van der Waals surface area contributed by atoms with Gasteiger partial charge in [0.05, 0.1) is 12.2 Å². The average Bonchev–Trinajstić information content (AvgIpc) is 2.74. The number of carbonyl (C=O) groups is 1. The van der Waals surface area contributed by atoms with Gasteiger partial charge in [-0.3, -0.25) is 4.79 Å². The molecular weight excluding hydrogens is 252 g/mol. The van der Waals surface area contributed by atoms with E-state index in [4.69, 9.17) is 4.74 Å². The van der Waals surface area contributed by atoms with Crippen LogP contribution < -0.4 is 10.1 Å². The lowest BCUT2D eigenvalue weighted by Crippen LogP contribution is -2.30. The molecular formula is C16H24N2O2. The van der Waals surface area contributed by atoms with Crippen molar-refractivity contribution in [2.75, 3.05) is 39.3 Å². The molecule has 0 aromatic heterocycles. The fraction of sp³-hybridized carbons (Fsp3) is 0.562. The summed E-state index contributed by atoms with van der Waals surface area (Å²) in [5.74, 6) is 0.879. The van der Waals surface area contributed by atoms with Gasteiger partial charge in [-0.2, -0.15) is 0 Å². The Morgan fingerprint density at radius 3 is 3.00 bits per heavy atom. The van der Waals surface area contributed by atoms with Gasteiger partial charge < -0.3 is 15.0 Å². The van der Waals surface area contributed by atoms with Gasteiger partial charge in [0.25, 0.3) is 0 Å². The van der Waals surface area contributed by atoms with E-state index in [1.807, 2.05) is 31.2 Å². The molecule has 1 fully saturated rings. The zero-order valence-electron chi connectivity index (χ0n) is 12.2. The topological polar surface area (TPSA) is 41.6 Å². The predicted octanol–water partition coefficient (Wildman–Crippen LogP) is 1.95. The molecule has 20 heavy (non-hydrogen) atoms. The summed E-state index contributed by atoms with van der Waals surface area (Å²) < 4.78 is 5.53. The first-order valence-electron chi connectivity index (χ1n) is 7.49. The van der Waals surface area contributed by atoms with Crippen molar-refractivity contribution in [1.82, 2.24) is 10.2 Å². The summed E-state index contributed by atoms with van der Waals surface area (Å²) >= 11 is 0. The summed E-state index contributed by atoms with van der Waals surface area (Å²) in [4.78, 5) is 14.7. The van der Waals surface area contributed by atoms with E-state index in [1.165, 1.54) is 0 Å². The number of para-hydroxylation sites is 1. The van der Waals surface area contributed by atoms with Crippen LogP contribution in [0.15, 0.2) is 24.3 Å². The third-order valence-electron chi connectivity index (χ3n) is 3.58. The standard InChI is InChI=1S/C16H24N2O2/c1-2-20-16-7-4-3-6-14(16)15(19)8-12-18-11-5-9-17-10-13-18/h3-4,6-7,17H,2,5,8-13H2,1H3. The lowest BCUT2D eigenvalue weighted by molar-refractivity contribution is 0.0962. The van der Waals surface area contributed by atoms with Gasteiger partial charge in [-0.15, -0.1) is 0 Å². The average molecular weight is 276 g/mol. The Kier molecular flexibility index (Phi) is 6.02. The van der Waals surface area contributed by atoms with Gasteiger partial charge in [0.1, 0.15) is 5.75 Å². The van der Waals surface area contributed by atoms with Crippen LogP contribution in [0, 0.1) is 0 Å². The summed E-state index contributed by atoms with van der Waals surface area (Å²) in [7, 11) is 0. The molecule has 1 aliphatic rings. The van der Waals surface area contributed by atoms with Crippen LogP contribution in [-0.2, 0) is 0 Å². The van der Waals surface area contributed by atoms with Crippen LogP contribution in [0.5, 0.6) is 5.75 Å². The Labute approximate surface area is 121 Å². The fourth-order valence-corrected chi connectivity index (χ4v) is 2.50. The van der Waals surface area contributed by atoms with E-state index in [1.54, 1.807) is 0 Å². The SMILES string of the molecule is CCOc1ccccc1C(=O)CCN1CCCNCC1. The molecule has 0 bridgehead atoms. The van der Waals surface area contributed by atoms with Crippen molar-refractivity contribution in [1.29, 1.82) is 0 Å². The molecule has 0 saturated carbocycles. The van der Waals surface area contributed by atoms with Crippen molar-refractivity contribution in [3.8, 4) is 5.75 Å². The molecule has 2 rings (SSSR count). The largest absolute Gasteiger partial charge is 0.493 e. The number of nitrogens with zero attached hydrogens (tertiary/aromatic N) is 1. The van der Waals surface area contributed by atoms with Crippen molar-refractivity contribution < 1.29 is 9.53 Å². The molecule has 0 aliphatic carbocycles. The van der Waals surface area contributed by atoms with Crippen molar-refractivity contribution in [3.05, 3.63) is 29.8 Å². The number of hydrogen-bond acceptors (Lipinski definition) is 4. The Morgan fingerprint density at radius 2 is 2.15 bits per heavy atom. The minimum atomic E-state index is 0.172. The zero-order chi connectivity index (χ0) is 14.2. The number of benzene rings is 1. The van der Waals surface area contributed by atoms with E-state index in [9.17, 15) is 4.79 Å². The Morgan fingerprint density at radius 1 is 1.30 bits per heavy atom. The van der Waals surface area contributed by atoms with Crippen molar-refractivity contribution >= 4 is 5.78 Å². The van der Waals surface area contributed by atoms with Crippen LogP contribution >= 0.6 is 0 Å². The molecule has 110 valence electrons. The first-order chi connectivity index (χ1) is 9.81. The maximum Gasteiger partial charge on any atom is 0.167 e. The van der Waals surface area contributed by atoms with Crippen LogP contribution in [0.2, 0.25) is 0 Å². The van der Waals surface area contributed by atoms with E-state index in [2.05, 4.69) is 10.2 Å². The highest BCUT2D eigenvalue weighted by molar-refractivity contribution is 5.98. The monoisotopic (exact) mass is 276 g/mol. The summed E-state index contributed by atoms with van der Waals surface area (Å²) in [6, 6.07) is 7.53. The van der Waals surface area contributed by atoms with Crippen LogP contribution in [-0.4, -0.2) is 50.0 Å². The van der Waals surface area contributed by atoms with E-state index in [-0.39, 0.29) is 5.78 Å². The van der Waals surface area contributed by atoms with E-state index in [0.717, 1.165) is 39.1 Å². The third-order valence-corrected chi connectivity index (χ3v) is 3.58. The number of carbonyl (C=O) groups excluding carboxylic acids is 1. The Hall–Kier alpha value is -1.39. The van der Waals surface area contributed by atoms with Gasteiger partial charge in [0.15, 0.2) is 5.78 Å². The number of hydrogen-bond donors (Lipinski definition) is 1. The normalized spacial score (nSPS) is 16.6. The van der Waals surface area contributed by atoms with E-state index < -0.39 is 0 Å². The lowest BCUT2D eigenvalue weighted by Gasteiger charge is -2.19. The Balaban J connectivity index is 1.90. The number of rotatable bonds is 6. The summed E-state index contributed by atoms with van der Waals surface area (Å²) in [5, 5.41) is 3.38. The van der Waals surface area contributed by atoms with Gasteiger partial charge in [0, 0.05) is 26.1 Å². The second-order valence-electron chi connectivity index (χ2n) is 5.05. The quantitative estimate of drug-likeness (QED) is 0.806. The maximum absolute atomic E-state index is 12.3. The number of nitrogens with one attached hydrogen (secondary N) is 1. The second-order valence-corrected chi connectivity index (χ2v) is 5.05. The van der Waals surface area contributed by atoms with Gasteiger partial charge in [-0.25, -0.2) is 0 Å². The highest BCUT2D eigenvalue weighted by Gasteiger charge is 2.14. The fourth-order valence-electron chi connectivity index (χ4n) is 2.50. The molecule has 0 spiro atoms. The van der Waals surface area contributed by atoms with Crippen LogP contribution in [0.3, 0.4) is 0 Å². The zero-order valence-corrected chi connectivity index (χ0v) is 12.2. The minimum Gasteiger partial charge on any atom is -0.493 e. The molecule has 0 amide bonds. The van der Waals surface area contributed by atoms with Crippen molar-refractivity contribution in [3.63, 3.8) is 0 Å². The molecule has 0 unspecified atom stereocenters. The molecule has 1 aromatic carbocycles. The predicted molar refractivity (Wildman–Crippen MR) is 80.5 cm³/mol. The Bertz CT molecular complexity index is 426. The molecule has 0 atom stereocenters. The van der Waals surface area contributed by atoms with Crippen LogP contribution in [0.1, 0.15) is 30.1 Å². The summed E-state index contributed by atoms with van der Waals surface area (Å²) in [6.07, 6.45) is 1.72. The maximum atomic E-state index is 12.3. The van der Waals surface area contributed by atoms with Gasteiger partial charge in [0.2, 0.25) is 0 Å². The molecule has 1 aliphatic heterocycles. The number of ketones is 1. The van der Waals surface area contributed by atoms with E-state index >= 15 is 0 Å². The molecule has 4 heteroatoms. The number of Topliss-reactive ketones (excluding diaryl/α,β-unsaturated/α-hetero) is 1. The highest BCUT2D eigenvalue weighted by atomic mass is 16.5. The van der Waals surface area contributed by atoms with Gasteiger partial charge >= 0.3 is 0 Å². The molecule has 0 radical (unpaired) electrons. The lowest BCUT2D eigenvalue weighted by atomic mass is 10.1. The highest BCUT2D eigenvalue weighted by Crippen LogP contribution is 2.19. The first-order valence-corrected chi connectivity index (χ1v) is 7.49. The van der Waals surface area contributed by atoms with Crippen molar-refractivity contribution in [2.24, 2.45) is 0 Å². The first kappa shape index (κ1) is 15.0. The smallest absolute Gasteiger partial charge is 0.167 e. The van der Waals surface area contributed by atoms with Crippen LogP contribution in [0.4, 0.5) is 0 Å². The summed E-state index contributed by atoms with van der Waals surface area (Å²) in [5.41, 5.74) is 0.710. The third kappa shape index (κ3) is 4.32. The van der Waals surface area contributed by atoms with Crippen molar-refractivity contribution in [2.45, 2.75) is 19.8 Å².